The Morgan fingerprint density at radius 3 is 2.57 bits per heavy atom. The lowest BCUT2D eigenvalue weighted by atomic mass is 10.1. The Kier molecular flexibility index (Phi) is 3.10. The average molecular weight is 198 g/mol. The number of hydrogen-bond acceptors (Lipinski definition) is 3. The van der Waals surface area contributed by atoms with Crippen molar-refractivity contribution >= 4 is 0 Å². The van der Waals surface area contributed by atoms with E-state index in [2.05, 4.69) is 18.9 Å². The average Bonchev–Trinajstić information content (AvgIpc) is 2.73. The normalized spacial score (nSPS) is 43.7. The van der Waals surface area contributed by atoms with E-state index >= 15 is 0 Å². The quantitative estimate of drug-likeness (QED) is 0.718. The highest BCUT2D eigenvalue weighted by atomic mass is 16.5. The van der Waals surface area contributed by atoms with Crippen molar-refractivity contribution in [1.82, 2.24) is 4.90 Å². The Hall–Kier alpha value is -0.120. The molecule has 1 saturated carbocycles. The molecule has 1 saturated heterocycles. The maximum Gasteiger partial charge on any atom is 0.0703 e. The van der Waals surface area contributed by atoms with Crippen LogP contribution in [-0.2, 0) is 4.74 Å². The summed E-state index contributed by atoms with van der Waals surface area (Å²) in [5.74, 6) is 0. The first-order valence-corrected chi connectivity index (χ1v) is 5.77. The molecule has 0 spiro atoms. The molecule has 0 amide bonds. The third-order valence-electron chi connectivity index (χ3n) is 3.88. The Balaban J connectivity index is 1.90. The minimum atomic E-state index is 0.400. The second-order valence-corrected chi connectivity index (χ2v) is 4.82. The molecule has 2 N–H and O–H groups in total. The molecule has 1 aliphatic carbocycles. The smallest absolute Gasteiger partial charge is 0.0703 e. The summed E-state index contributed by atoms with van der Waals surface area (Å²) in [5, 5.41) is 0. The van der Waals surface area contributed by atoms with E-state index in [9.17, 15) is 0 Å². The summed E-state index contributed by atoms with van der Waals surface area (Å²) >= 11 is 0. The van der Waals surface area contributed by atoms with Crippen molar-refractivity contribution < 1.29 is 4.74 Å². The highest BCUT2D eigenvalue weighted by molar-refractivity contribution is 4.89. The summed E-state index contributed by atoms with van der Waals surface area (Å²) in [4.78, 5) is 2.50. The molecule has 1 heterocycles. The molecule has 4 unspecified atom stereocenters. The van der Waals surface area contributed by atoms with Crippen molar-refractivity contribution in [2.75, 3.05) is 13.7 Å². The van der Waals surface area contributed by atoms with Crippen molar-refractivity contribution in [1.29, 1.82) is 0 Å². The molecule has 82 valence electrons. The highest BCUT2D eigenvalue weighted by Crippen LogP contribution is 2.27. The van der Waals surface area contributed by atoms with Gasteiger partial charge in [-0.25, -0.2) is 0 Å². The first kappa shape index (κ1) is 10.4. The zero-order valence-corrected chi connectivity index (χ0v) is 9.28. The second-order valence-electron chi connectivity index (χ2n) is 4.82. The summed E-state index contributed by atoms with van der Waals surface area (Å²) < 4.78 is 5.60. The summed E-state index contributed by atoms with van der Waals surface area (Å²) in [6.45, 7) is 3.11. The van der Waals surface area contributed by atoms with Crippen LogP contribution in [0, 0.1) is 0 Å². The van der Waals surface area contributed by atoms with E-state index < -0.39 is 0 Å². The Morgan fingerprint density at radius 1 is 1.29 bits per heavy atom. The largest absolute Gasteiger partial charge is 0.377 e. The lowest BCUT2D eigenvalue weighted by molar-refractivity contribution is 0.0682. The second kappa shape index (κ2) is 4.17. The molecule has 2 rings (SSSR count). The van der Waals surface area contributed by atoms with Gasteiger partial charge in [0.1, 0.15) is 0 Å². The number of hydrogen-bond donors (Lipinski definition) is 1. The minimum absolute atomic E-state index is 0.400. The molecule has 0 aromatic carbocycles. The van der Waals surface area contributed by atoms with Gasteiger partial charge in [-0.3, -0.25) is 4.90 Å². The Labute approximate surface area is 86.6 Å². The van der Waals surface area contributed by atoms with Gasteiger partial charge in [0.2, 0.25) is 0 Å². The zero-order valence-electron chi connectivity index (χ0n) is 9.28. The molecule has 0 aromatic rings. The van der Waals surface area contributed by atoms with Gasteiger partial charge < -0.3 is 10.5 Å². The lowest BCUT2D eigenvalue weighted by Gasteiger charge is -2.32. The van der Waals surface area contributed by atoms with Crippen LogP contribution in [0.4, 0.5) is 0 Å². The summed E-state index contributed by atoms with van der Waals surface area (Å²) in [7, 11) is 2.23. The van der Waals surface area contributed by atoms with Gasteiger partial charge in [-0.15, -0.1) is 0 Å². The maximum absolute atomic E-state index is 5.94. The predicted octanol–water partition coefficient (Wildman–Crippen LogP) is 0.975. The van der Waals surface area contributed by atoms with E-state index in [1.165, 1.54) is 25.7 Å². The zero-order chi connectivity index (χ0) is 10.1. The molecule has 4 atom stereocenters. The van der Waals surface area contributed by atoms with Gasteiger partial charge in [0.05, 0.1) is 6.10 Å². The van der Waals surface area contributed by atoms with Crippen molar-refractivity contribution in [3.63, 3.8) is 0 Å². The van der Waals surface area contributed by atoms with Gasteiger partial charge in [0.15, 0.2) is 0 Å². The topological polar surface area (TPSA) is 38.5 Å². The summed E-state index contributed by atoms with van der Waals surface area (Å²) in [6, 6.07) is 1.74. The Bertz CT molecular complexity index is 198. The third-order valence-corrected chi connectivity index (χ3v) is 3.88. The molecule has 3 nitrogen and oxygen atoms in total. The van der Waals surface area contributed by atoms with Crippen LogP contribution in [0.5, 0.6) is 0 Å². The minimum Gasteiger partial charge on any atom is -0.377 e. The van der Waals surface area contributed by atoms with Crippen molar-refractivity contribution in [2.45, 2.75) is 56.8 Å². The fourth-order valence-electron chi connectivity index (χ4n) is 2.89. The van der Waals surface area contributed by atoms with Gasteiger partial charge in [-0.1, -0.05) is 0 Å². The Morgan fingerprint density at radius 2 is 2.07 bits per heavy atom. The number of nitrogens with two attached hydrogens (primary N) is 1. The van der Waals surface area contributed by atoms with Crippen LogP contribution < -0.4 is 5.73 Å². The van der Waals surface area contributed by atoms with Crippen LogP contribution in [0.25, 0.3) is 0 Å². The number of ether oxygens (including phenoxy) is 1. The van der Waals surface area contributed by atoms with Crippen LogP contribution in [0.15, 0.2) is 0 Å². The van der Waals surface area contributed by atoms with Crippen molar-refractivity contribution in [3.05, 3.63) is 0 Å². The van der Waals surface area contributed by atoms with Crippen LogP contribution >= 0.6 is 0 Å². The molecule has 0 aromatic heterocycles. The summed E-state index contributed by atoms with van der Waals surface area (Å²) in [6.07, 6.45) is 5.21. The molecule has 14 heavy (non-hydrogen) atoms. The molecule has 1 aliphatic heterocycles. The first-order chi connectivity index (χ1) is 6.68. The number of nitrogens with zero attached hydrogens (tertiary/aromatic N) is 1. The van der Waals surface area contributed by atoms with E-state index in [0.717, 1.165) is 6.61 Å². The molecule has 0 bridgehead atoms. The van der Waals surface area contributed by atoms with E-state index in [1.54, 1.807) is 0 Å². The predicted molar refractivity (Wildman–Crippen MR) is 57.2 cm³/mol. The summed E-state index contributed by atoms with van der Waals surface area (Å²) in [5.41, 5.74) is 5.94. The lowest BCUT2D eigenvalue weighted by Crippen LogP contribution is -2.43. The van der Waals surface area contributed by atoms with Gasteiger partial charge in [-0.05, 0) is 39.7 Å². The highest BCUT2D eigenvalue weighted by Gasteiger charge is 2.34. The fourth-order valence-corrected chi connectivity index (χ4v) is 2.89. The monoisotopic (exact) mass is 198 g/mol. The molecular formula is C11H22N2O. The van der Waals surface area contributed by atoms with E-state index in [4.69, 9.17) is 10.5 Å². The fraction of sp³-hybridized carbons (Fsp3) is 1.00. The maximum atomic E-state index is 5.94. The van der Waals surface area contributed by atoms with Crippen LogP contribution in [0.3, 0.4) is 0 Å². The molecular weight excluding hydrogens is 176 g/mol. The molecule has 2 aliphatic rings. The van der Waals surface area contributed by atoms with Crippen LogP contribution in [0.2, 0.25) is 0 Å². The van der Waals surface area contributed by atoms with E-state index in [1.807, 2.05) is 0 Å². The standard InChI is InChI=1S/C11H22N2O/c1-8-11(5-6-14-8)13(2)10-4-3-9(12)7-10/h8-11H,3-7,12H2,1-2H3. The SMILES string of the molecule is CC1OCCC1N(C)C1CCC(N)C1. The molecule has 3 heteroatoms. The van der Waals surface area contributed by atoms with E-state index in [0.29, 0.717) is 24.2 Å². The van der Waals surface area contributed by atoms with Gasteiger partial charge in [-0.2, -0.15) is 0 Å². The van der Waals surface area contributed by atoms with Gasteiger partial charge in [0, 0.05) is 24.7 Å². The van der Waals surface area contributed by atoms with Crippen LogP contribution in [0.1, 0.15) is 32.6 Å². The first-order valence-electron chi connectivity index (χ1n) is 5.77. The molecule has 2 fully saturated rings. The number of likely N-dealkylation sites (N-methyl/N-ethyl adjacent to an activating group) is 1. The number of rotatable bonds is 2. The van der Waals surface area contributed by atoms with Gasteiger partial charge in [0.25, 0.3) is 0 Å². The van der Waals surface area contributed by atoms with E-state index in [-0.39, 0.29) is 0 Å². The van der Waals surface area contributed by atoms with Gasteiger partial charge >= 0.3 is 0 Å². The van der Waals surface area contributed by atoms with Crippen molar-refractivity contribution in [3.8, 4) is 0 Å². The molecule has 0 radical (unpaired) electrons. The van der Waals surface area contributed by atoms with Crippen molar-refractivity contribution in [2.24, 2.45) is 5.73 Å². The third kappa shape index (κ3) is 1.95. The van der Waals surface area contributed by atoms with Crippen LogP contribution in [-0.4, -0.2) is 42.8 Å².